The first-order valence-corrected chi connectivity index (χ1v) is 10.2. The SMILES string of the molecule is CC1CN(Cc2ccc(C(=O)NCc3ccc(-n4ccnc4)nc3)cc2)CC(C)O1. The molecule has 3 heterocycles. The van der Waals surface area contributed by atoms with Gasteiger partial charge in [-0.15, -0.1) is 0 Å². The van der Waals surface area contributed by atoms with E-state index in [0.29, 0.717) is 12.1 Å². The highest BCUT2D eigenvalue weighted by molar-refractivity contribution is 5.94. The van der Waals surface area contributed by atoms with Crippen LogP contribution in [-0.4, -0.2) is 50.6 Å². The molecule has 7 heteroatoms. The van der Waals surface area contributed by atoms with Crippen molar-refractivity contribution in [3.8, 4) is 5.82 Å². The lowest BCUT2D eigenvalue weighted by Gasteiger charge is -2.35. The predicted octanol–water partition coefficient (Wildman–Crippen LogP) is 2.81. The zero-order valence-corrected chi connectivity index (χ0v) is 17.4. The van der Waals surface area contributed by atoms with Crippen molar-refractivity contribution in [3.05, 3.63) is 78.0 Å². The van der Waals surface area contributed by atoms with E-state index in [1.54, 1.807) is 18.7 Å². The number of benzene rings is 1. The summed E-state index contributed by atoms with van der Waals surface area (Å²) in [4.78, 5) is 23.3. The minimum atomic E-state index is -0.0890. The maximum atomic E-state index is 12.5. The zero-order valence-electron chi connectivity index (χ0n) is 17.4. The van der Waals surface area contributed by atoms with Gasteiger partial charge < -0.3 is 10.1 Å². The largest absolute Gasteiger partial charge is 0.373 e. The molecule has 0 saturated carbocycles. The number of pyridine rings is 1. The molecule has 0 bridgehead atoms. The molecule has 1 N–H and O–H groups in total. The average molecular weight is 406 g/mol. The number of imidazole rings is 1. The Morgan fingerprint density at radius 2 is 1.83 bits per heavy atom. The summed E-state index contributed by atoms with van der Waals surface area (Å²) in [6.45, 7) is 7.38. The van der Waals surface area contributed by atoms with E-state index in [2.05, 4.69) is 34.0 Å². The number of hydrogen-bond donors (Lipinski definition) is 1. The Bertz CT molecular complexity index is 944. The van der Waals surface area contributed by atoms with E-state index in [1.165, 1.54) is 5.56 Å². The first-order chi connectivity index (χ1) is 14.6. The summed E-state index contributed by atoms with van der Waals surface area (Å²) in [5.41, 5.74) is 2.80. The molecule has 0 radical (unpaired) electrons. The number of rotatable bonds is 6. The van der Waals surface area contributed by atoms with Crippen LogP contribution < -0.4 is 5.32 Å². The second-order valence-corrected chi connectivity index (χ2v) is 7.83. The van der Waals surface area contributed by atoms with E-state index in [9.17, 15) is 4.79 Å². The maximum Gasteiger partial charge on any atom is 0.251 e. The molecule has 1 aliphatic rings. The zero-order chi connectivity index (χ0) is 20.9. The topological polar surface area (TPSA) is 72.3 Å². The van der Waals surface area contributed by atoms with Crippen molar-refractivity contribution in [2.45, 2.75) is 39.1 Å². The summed E-state index contributed by atoms with van der Waals surface area (Å²) < 4.78 is 7.63. The molecule has 4 rings (SSSR count). The number of carbonyl (C=O) groups excluding carboxylic acids is 1. The molecule has 30 heavy (non-hydrogen) atoms. The van der Waals surface area contributed by atoms with Gasteiger partial charge in [0.2, 0.25) is 0 Å². The Labute approximate surface area is 176 Å². The van der Waals surface area contributed by atoms with E-state index in [1.807, 2.05) is 47.2 Å². The quantitative estimate of drug-likeness (QED) is 0.683. The van der Waals surface area contributed by atoms with Crippen molar-refractivity contribution in [1.29, 1.82) is 0 Å². The second-order valence-electron chi connectivity index (χ2n) is 7.83. The molecule has 1 aromatic carbocycles. The van der Waals surface area contributed by atoms with E-state index in [4.69, 9.17) is 4.74 Å². The monoisotopic (exact) mass is 405 g/mol. The highest BCUT2D eigenvalue weighted by Crippen LogP contribution is 2.15. The normalized spacial score (nSPS) is 19.5. The van der Waals surface area contributed by atoms with Gasteiger partial charge in [-0.3, -0.25) is 14.3 Å². The van der Waals surface area contributed by atoms with Crippen LogP contribution >= 0.6 is 0 Å². The van der Waals surface area contributed by atoms with Crippen molar-refractivity contribution < 1.29 is 9.53 Å². The molecule has 0 spiro atoms. The first-order valence-electron chi connectivity index (χ1n) is 10.2. The van der Waals surface area contributed by atoms with Gasteiger partial charge in [-0.1, -0.05) is 18.2 Å². The number of morpholine rings is 1. The van der Waals surface area contributed by atoms with Crippen molar-refractivity contribution in [2.24, 2.45) is 0 Å². The highest BCUT2D eigenvalue weighted by Gasteiger charge is 2.22. The molecule has 2 atom stereocenters. The van der Waals surface area contributed by atoms with E-state index in [0.717, 1.165) is 31.0 Å². The molecule has 1 saturated heterocycles. The maximum absolute atomic E-state index is 12.5. The molecule has 1 aliphatic heterocycles. The predicted molar refractivity (Wildman–Crippen MR) is 114 cm³/mol. The summed E-state index contributed by atoms with van der Waals surface area (Å²) in [7, 11) is 0. The molecule has 1 amide bonds. The van der Waals surface area contributed by atoms with Crippen LogP contribution in [0.25, 0.3) is 5.82 Å². The van der Waals surface area contributed by atoms with Crippen molar-refractivity contribution in [2.75, 3.05) is 13.1 Å². The lowest BCUT2D eigenvalue weighted by atomic mass is 10.1. The number of aromatic nitrogens is 3. The summed E-state index contributed by atoms with van der Waals surface area (Å²) in [6.07, 6.45) is 7.53. The Hall–Kier alpha value is -3.03. The summed E-state index contributed by atoms with van der Waals surface area (Å²) >= 11 is 0. The van der Waals surface area contributed by atoms with E-state index >= 15 is 0 Å². The van der Waals surface area contributed by atoms with Gasteiger partial charge in [-0.25, -0.2) is 9.97 Å². The lowest BCUT2D eigenvalue weighted by Crippen LogP contribution is -2.44. The fourth-order valence-electron chi connectivity index (χ4n) is 3.79. The molecule has 2 aromatic heterocycles. The molecule has 3 aromatic rings. The fraction of sp³-hybridized carbons (Fsp3) is 0.348. The summed E-state index contributed by atoms with van der Waals surface area (Å²) in [6, 6.07) is 11.7. The van der Waals surface area contributed by atoms with Gasteiger partial charge in [-0.2, -0.15) is 0 Å². The average Bonchev–Trinajstić information content (AvgIpc) is 3.27. The van der Waals surface area contributed by atoms with E-state index in [-0.39, 0.29) is 18.1 Å². The van der Waals surface area contributed by atoms with Crippen LogP contribution in [0.4, 0.5) is 0 Å². The van der Waals surface area contributed by atoms with E-state index < -0.39 is 0 Å². The van der Waals surface area contributed by atoms with Crippen LogP contribution in [0.1, 0.15) is 35.3 Å². The minimum absolute atomic E-state index is 0.0890. The Balaban J connectivity index is 1.29. The molecule has 156 valence electrons. The van der Waals surface area contributed by atoms with Crippen LogP contribution in [0.2, 0.25) is 0 Å². The van der Waals surface area contributed by atoms with Crippen LogP contribution in [0.5, 0.6) is 0 Å². The standard InChI is InChI=1S/C23H27N5O2/c1-17-13-27(14-18(2)30-17)15-19-3-6-21(7-4-19)23(29)26-12-20-5-8-22(25-11-20)28-10-9-24-16-28/h3-11,16-18H,12-15H2,1-2H3,(H,26,29). The number of carbonyl (C=O) groups is 1. The Morgan fingerprint density at radius 1 is 1.10 bits per heavy atom. The Morgan fingerprint density at radius 3 is 2.47 bits per heavy atom. The van der Waals surface area contributed by atoms with Crippen LogP contribution in [-0.2, 0) is 17.8 Å². The fourth-order valence-corrected chi connectivity index (χ4v) is 3.79. The van der Waals surface area contributed by atoms with Gasteiger partial charge in [-0.05, 0) is 43.2 Å². The summed E-state index contributed by atoms with van der Waals surface area (Å²) in [5.74, 6) is 0.705. The number of amides is 1. The van der Waals surface area contributed by atoms with Gasteiger partial charge in [0.1, 0.15) is 12.1 Å². The van der Waals surface area contributed by atoms with Gasteiger partial charge in [0, 0.05) is 50.3 Å². The van der Waals surface area contributed by atoms with Gasteiger partial charge in [0.15, 0.2) is 0 Å². The van der Waals surface area contributed by atoms with Crippen LogP contribution in [0.3, 0.4) is 0 Å². The third kappa shape index (κ3) is 5.11. The van der Waals surface area contributed by atoms with Crippen LogP contribution in [0.15, 0.2) is 61.3 Å². The van der Waals surface area contributed by atoms with Gasteiger partial charge in [0.25, 0.3) is 5.91 Å². The van der Waals surface area contributed by atoms with Crippen LogP contribution in [0, 0.1) is 0 Å². The number of nitrogens with zero attached hydrogens (tertiary/aromatic N) is 4. The molecule has 2 unspecified atom stereocenters. The number of hydrogen-bond acceptors (Lipinski definition) is 5. The Kier molecular flexibility index (Phi) is 6.21. The van der Waals surface area contributed by atoms with Crippen molar-refractivity contribution in [1.82, 2.24) is 24.8 Å². The molecule has 0 aliphatic carbocycles. The van der Waals surface area contributed by atoms with Crippen molar-refractivity contribution >= 4 is 5.91 Å². The third-order valence-electron chi connectivity index (χ3n) is 5.15. The highest BCUT2D eigenvalue weighted by atomic mass is 16.5. The third-order valence-corrected chi connectivity index (χ3v) is 5.15. The molecule has 1 fully saturated rings. The lowest BCUT2D eigenvalue weighted by molar-refractivity contribution is -0.0704. The van der Waals surface area contributed by atoms with Crippen molar-refractivity contribution in [3.63, 3.8) is 0 Å². The second kappa shape index (κ2) is 9.19. The number of ether oxygens (including phenoxy) is 1. The first kappa shape index (κ1) is 20.3. The summed E-state index contributed by atoms with van der Waals surface area (Å²) in [5, 5.41) is 2.96. The van der Waals surface area contributed by atoms with Gasteiger partial charge >= 0.3 is 0 Å². The molecular weight excluding hydrogens is 378 g/mol. The molecule has 7 nitrogen and oxygen atoms in total. The minimum Gasteiger partial charge on any atom is -0.373 e. The van der Waals surface area contributed by atoms with Gasteiger partial charge in [0.05, 0.1) is 12.2 Å². The molecular formula is C23H27N5O2. The number of nitrogens with one attached hydrogen (secondary N) is 1. The smallest absolute Gasteiger partial charge is 0.251 e.